The van der Waals surface area contributed by atoms with Crippen molar-refractivity contribution in [3.63, 3.8) is 0 Å². The summed E-state index contributed by atoms with van der Waals surface area (Å²) in [5.74, 6) is 0. The quantitative estimate of drug-likeness (QED) is 0.585. The zero-order chi connectivity index (χ0) is 6.85. The Kier molecular flexibility index (Phi) is 1.37. The molecule has 46 valence electrons. The minimum Gasteiger partial charge on any atom is -0.498 e. The van der Waals surface area contributed by atoms with E-state index >= 15 is 0 Å². The predicted molar refractivity (Wildman–Crippen MR) is 33.2 cm³/mol. The summed E-state index contributed by atoms with van der Waals surface area (Å²) in [5, 5.41) is 17.2. The summed E-state index contributed by atoms with van der Waals surface area (Å²) >= 11 is 0.939. The summed E-state index contributed by atoms with van der Waals surface area (Å²) in [4.78, 5) is 0. The third-order valence-corrected chi connectivity index (χ3v) is 1.70. The van der Waals surface area contributed by atoms with E-state index in [2.05, 4.69) is 4.37 Å². The van der Waals surface area contributed by atoms with Gasteiger partial charge in [-0.1, -0.05) is 0 Å². The second-order valence-corrected chi connectivity index (χ2v) is 2.31. The first-order valence-electron chi connectivity index (χ1n) is 2.31. The lowest BCUT2D eigenvalue weighted by Crippen LogP contribution is -1.73. The Balaban J connectivity index is 3.27. The van der Waals surface area contributed by atoms with E-state index in [1.54, 1.807) is 6.92 Å². The predicted octanol–water partition coefficient (Wildman–Crippen LogP) is 1.03. The molecule has 0 radical (unpaired) electrons. The summed E-state index contributed by atoms with van der Waals surface area (Å²) in [5.41, 5.74) is 0.889. The maximum absolute atomic E-state index is 8.86. The lowest BCUT2D eigenvalue weighted by atomic mass is 10.3. The van der Waals surface area contributed by atoms with Gasteiger partial charge >= 0.3 is 0 Å². The van der Waals surface area contributed by atoms with E-state index in [1.165, 1.54) is 0 Å². The van der Waals surface area contributed by atoms with Crippen molar-refractivity contribution in [1.29, 1.82) is 5.26 Å². The Hall–Kier alpha value is -1.08. The second-order valence-electron chi connectivity index (χ2n) is 1.56. The van der Waals surface area contributed by atoms with Gasteiger partial charge in [0.25, 0.3) is 0 Å². The molecule has 0 aliphatic rings. The minimum absolute atomic E-state index is 0.00926. The molecule has 0 aliphatic carbocycles. The molecular weight excluding hydrogens is 136 g/mol. The van der Waals surface area contributed by atoms with Crippen LogP contribution in [0.2, 0.25) is 0 Å². The van der Waals surface area contributed by atoms with Gasteiger partial charge < -0.3 is 5.11 Å². The Morgan fingerprint density at radius 2 is 2.44 bits per heavy atom. The standard InChI is InChI=1S/C5H4N2OS/c1-3-4(2-6)5(8)9-7-3/h8H,1H3. The van der Waals surface area contributed by atoms with Crippen LogP contribution in [0.1, 0.15) is 11.3 Å². The normalized spacial score (nSPS) is 8.89. The highest BCUT2D eigenvalue weighted by atomic mass is 32.1. The smallest absolute Gasteiger partial charge is 0.209 e. The van der Waals surface area contributed by atoms with E-state index in [0.29, 0.717) is 11.3 Å². The highest BCUT2D eigenvalue weighted by Gasteiger charge is 2.06. The fraction of sp³-hybridized carbons (Fsp3) is 0.200. The second kappa shape index (κ2) is 2.03. The number of nitrogens with zero attached hydrogens (tertiary/aromatic N) is 2. The van der Waals surface area contributed by atoms with E-state index in [9.17, 15) is 0 Å². The molecule has 0 saturated heterocycles. The van der Waals surface area contributed by atoms with Crippen LogP contribution in [0.25, 0.3) is 0 Å². The molecule has 0 aliphatic heterocycles. The zero-order valence-corrected chi connectivity index (χ0v) is 5.57. The van der Waals surface area contributed by atoms with Crippen LogP contribution in [-0.4, -0.2) is 9.48 Å². The fourth-order valence-electron chi connectivity index (χ4n) is 0.486. The molecule has 0 saturated carbocycles. The molecule has 1 heterocycles. The third-order valence-electron chi connectivity index (χ3n) is 0.957. The van der Waals surface area contributed by atoms with Crippen molar-refractivity contribution in [2.24, 2.45) is 0 Å². The molecule has 0 amide bonds. The Bertz CT molecular complexity index is 241. The van der Waals surface area contributed by atoms with Crippen LogP contribution in [0.3, 0.4) is 0 Å². The van der Waals surface area contributed by atoms with Gasteiger partial charge in [-0.05, 0) is 6.92 Å². The van der Waals surface area contributed by atoms with Gasteiger partial charge in [-0.15, -0.1) is 0 Å². The molecule has 9 heavy (non-hydrogen) atoms. The topological polar surface area (TPSA) is 56.9 Å². The third kappa shape index (κ3) is 0.864. The van der Waals surface area contributed by atoms with Gasteiger partial charge in [0.15, 0.2) is 0 Å². The average molecular weight is 140 g/mol. The van der Waals surface area contributed by atoms with Gasteiger partial charge in [0.05, 0.1) is 5.69 Å². The molecule has 1 aromatic rings. The maximum atomic E-state index is 8.86. The molecule has 1 aromatic heterocycles. The number of rotatable bonds is 0. The SMILES string of the molecule is Cc1nsc(O)c1C#N. The number of aryl methyl sites for hydroxylation is 1. The van der Waals surface area contributed by atoms with Crippen LogP contribution in [0, 0.1) is 18.3 Å². The van der Waals surface area contributed by atoms with Crippen molar-refractivity contribution in [2.45, 2.75) is 6.92 Å². The van der Waals surface area contributed by atoms with Crippen LogP contribution < -0.4 is 0 Å². The number of hydrogen-bond donors (Lipinski definition) is 1. The van der Waals surface area contributed by atoms with Crippen molar-refractivity contribution in [3.8, 4) is 11.1 Å². The molecule has 0 fully saturated rings. The van der Waals surface area contributed by atoms with E-state index < -0.39 is 0 Å². The Labute approximate surface area is 56.3 Å². The highest BCUT2D eigenvalue weighted by Crippen LogP contribution is 2.23. The van der Waals surface area contributed by atoms with Crippen molar-refractivity contribution in [2.75, 3.05) is 0 Å². The minimum atomic E-state index is 0.00926. The van der Waals surface area contributed by atoms with Crippen LogP contribution in [0.5, 0.6) is 5.06 Å². The summed E-state index contributed by atoms with van der Waals surface area (Å²) in [6.45, 7) is 1.69. The van der Waals surface area contributed by atoms with Crippen LogP contribution in [0.15, 0.2) is 0 Å². The largest absolute Gasteiger partial charge is 0.498 e. The van der Waals surface area contributed by atoms with Crippen LogP contribution >= 0.6 is 11.5 Å². The first kappa shape index (κ1) is 6.05. The first-order chi connectivity index (χ1) is 4.25. The van der Waals surface area contributed by atoms with E-state index in [-0.39, 0.29) is 5.06 Å². The van der Waals surface area contributed by atoms with E-state index in [4.69, 9.17) is 10.4 Å². The first-order valence-corrected chi connectivity index (χ1v) is 3.08. The molecule has 0 spiro atoms. The summed E-state index contributed by atoms with van der Waals surface area (Å²) in [6, 6.07) is 1.84. The van der Waals surface area contributed by atoms with Crippen LogP contribution in [-0.2, 0) is 0 Å². The van der Waals surface area contributed by atoms with E-state index in [0.717, 1.165) is 11.5 Å². The Morgan fingerprint density at radius 3 is 2.67 bits per heavy atom. The molecule has 1 N–H and O–H groups in total. The lowest BCUT2D eigenvalue weighted by Gasteiger charge is -1.79. The number of aromatic nitrogens is 1. The molecular formula is C5H4N2OS. The van der Waals surface area contributed by atoms with Crippen molar-refractivity contribution in [1.82, 2.24) is 4.37 Å². The number of nitriles is 1. The van der Waals surface area contributed by atoms with Gasteiger partial charge in [0, 0.05) is 11.5 Å². The van der Waals surface area contributed by atoms with Gasteiger partial charge in [-0.3, -0.25) is 0 Å². The lowest BCUT2D eigenvalue weighted by molar-refractivity contribution is 0.489. The fourth-order valence-corrected chi connectivity index (χ4v) is 1.09. The monoisotopic (exact) mass is 140 g/mol. The van der Waals surface area contributed by atoms with Crippen molar-refractivity contribution < 1.29 is 5.11 Å². The van der Waals surface area contributed by atoms with Gasteiger partial charge in [-0.2, -0.15) is 9.64 Å². The molecule has 0 unspecified atom stereocenters. The number of aromatic hydroxyl groups is 1. The molecule has 3 nitrogen and oxygen atoms in total. The number of hydrogen-bond acceptors (Lipinski definition) is 4. The van der Waals surface area contributed by atoms with Crippen molar-refractivity contribution >= 4 is 11.5 Å². The van der Waals surface area contributed by atoms with Gasteiger partial charge in [-0.25, -0.2) is 0 Å². The van der Waals surface area contributed by atoms with Gasteiger partial charge in [0.1, 0.15) is 11.6 Å². The Morgan fingerprint density at radius 1 is 1.78 bits per heavy atom. The molecule has 0 bridgehead atoms. The summed E-state index contributed by atoms with van der Waals surface area (Å²) < 4.78 is 3.76. The molecule has 4 heteroatoms. The van der Waals surface area contributed by atoms with E-state index in [1.807, 2.05) is 6.07 Å². The molecule has 0 aromatic carbocycles. The van der Waals surface area contributed by atoms with Crippen LogP contribution in [0.4, 0.5) is 0 Å². The highest BCUT2D eigenvalue weighted by molar-refractivity contribution is 7.07. The van der Waals surface area contributed by atoms with Gasteiger partial charge in [0.2, 0.25) is 5.06 Å². The summed E-state index contributed by atoms with van der Waals surface area (Å²) in [6.07, 6.45) is 0. The molecule has 1 rings (SSSR count). The molecule has 0 atom stereocenters. The van der Waals surface area contributed by atoms with Crippen molar-refractivity contribution in [3.05, 3.63) is 11.3 Å². The zero-order valence-electron chi connectivity index (χ0n) is 4.75. The maximum Gasteiger partial charge on any atom is 0.209 e. The average Bonchev–Trinajstić information content (AvgIpc) is 2.12. The summed E-state index contributed by atoms with van der Waals surface area (Å²) in [7, 11) is 0.